The van der Waals surface area contributed by atoms with Crippen molar-refractivity contribution in [1.29, 1.82) is 0 Å². The third-order valence-corrected chi connectivity index (χ3v) is 5.09. The van der Waals surface area contributed by atoms with E-state index in [2.05, 4.69) is 44.0 Å². The zero-order valence-electron chi connectivity index (χ0n) is 14.2. The molecule has 0 atom stereocenters. The number of likely N-dealkylation sites (tertiary alicyclic amines) is 1. The SMILES string of the molecule is CCC1(CC)CCN(Cc2occc2CNCC(C)C)C1. The lowest BCUT2D eigenvalue weighted by Crippen LogP contribution is -2.26. The van der Waals surface area contributed by atoms with E-state index in [1.807, 2.05) is 6.26 Å². The summed E-state index contributed by atoms with van der Waals surface area (Å²) in [5.74, 6) is 1.84. The van der Waals surface area contributed by atoms with Gasteiger partial charge in [-0.05, 0) is 49.8 Å². The summed E-state index contributed by atoms with van der Waals surface area (Å²) < 4.78 is 5.74. The van der Waals surface area contributed by atoms with Crippen LogP contribution in [0, 0.1) is 11.3 Å². The van der Waals surface area contributed by atoms with E-state index in [9.17, 15) is 0 Å². The quantitative estimate of drug-likeness (QED) is 0.784. The van der Waals surface area contributed by atoms with Gasteiger partial charge in [0.1, 0.15) is 5.76 Å². The minimum Gasteiger partial charge on any atom is -0.468 e. The molecule has 0 unspecified atom stereocenters. The molecule has 2 heterocycles. The molecule has 1 aliphatic heterocycles. The molecular weight excluding hydrogens is 260 g/mol. The van der Waals surface area contributed by atoms with Gasteiger partial charge in [0, 0.05) is 18.7 Å². The first kappa shape index (κ1) is 16.6. The van der Waals surface area contributed by atoms with Crippen LogP contribution in [-0.4, -0.2) is 24.5 Å². The smallest absolute Gasteiger partial charge is 0.122 e. The molecule has 1 saturated heterocycles. The first-order valence-electron chi connectivity index (χ1n) is 8.57. The molecule has 1 fully saturated rings. The predicted molar refractivity (Wildman–Crippen MR) is 88.2 cm³/mol. The molecule has 0 aromatic carbocycles. The molecule has 0 saturated carbocycles. The van der Waals surface area contributed by atoms with Crippen LogP contribution in [0.4, 0.5) is 0 Å². The Morgan fingerprint density at radius 3 is 2.71 bits per heavy atom. The summed E-state index contributed by atoms with van der Waals surface area (Å²) in [6, 6.07) is 2.12. The Labute approximate surface area is 130 Å². The van der Waals surface area contributed by atoms with Crippen molar-refractivity contribution in [1.82, 2.24) is 10.2 Å². The van der Waals surface area contributed by atoms with E-state index in [0.29, 0.717) is 11.3 Å². The highest BCUT2D eigenvalue weighted by Gasteiger charge is 2.35. The predicted octanol–water partition coefficient (Wildman–Crippen LogP) is 4.04. The van der Waals surface area contributed by atoms with Gasteiger partial charge in [-0.1, -0.05) is 27.7 Å². The highest BCUT2D eigenvalue weighted by Crippen LogP contribution is 2.37. The maximum atomic E-state index is 5.74. The molecule has 0 amide bonds. The second-order valence-corrected chi connectivity index (χ2v) is 7.06. The van der Waals surface area contributed by atoms with Gasteiger partial charge in [-0.15, -0.1) is 0 Å². The van der Waals surface area contributed by atoms with Crippen LogP contribution in [-0.2, 0) is 13.1 Å². The number of furan rings is 1. The molecule has 1 aliphatic rings. The summed E-state index contributed by atoms with van der Waals surface area (Å²) in [6.07, 6.45) is 5.76. The van der Waals surface area contributed by atoms with Gasteiger partial charge in [0.2, 0.25) is 0 Å². The Hall–Kier alpha value is -0.800. The molecule has 3 heteroatoms. The fraction of sp³-hybridized carbons (Fsp3) is 0.778. The Kier molecular flexibility index (Phi) is 5.88. The van der Waals surface area contributed by atoms with E-state index in [1.54, 1.807) is 0 Å². The third-order valence-electron chi connectivity index (χ3n) is 5.09. The zero-order chi connectivity index (χ0) is 15.3. The Bertz CT molecular complexity index is 421. The van der Waals surface area contributed by atoms with E-state index in [1.165, 1.54) is 37.9 Å². The van der Waals surface area contributed by atoms with E-state index in [0.717, 1.165) is 25.4 Å². The monoisotopic (exact) mass is 292 g/mol. The number of rotatable bonds is 8. The average Bonchev–Trinajstić information content (AvgIpc) is 3.07. The zero-order valence-corrected chi connectivity index (χ0v) is 14.2. The van der Waals surface area contributed by atoms with Gasteiger partial charge in [0.25, 0.3) is 0 Å². The van der Waals surface area contributed by atoms with Crippen molar-refractivity contribution >= 4 is 0 Å². The number of nitrogens with one attached hydrogen (secondary N) is 1. The minimum atomic E-state index is 0.544. The maximum Gasteiger partial charge on any atom is 0.122 e. The van der Waals surface area contributed by atoms with Gasteiger partial charge >= 0.3 is 0 Å². The number of hydrogen-bond donors (Lipinski definition) is 1. The molecule has 0 radical (unpaired) electrons. The molecule has 1 N–H and O–H groups in total. The van der Waals surface area contributed by atoms with Crippen molar-refractivity contribution in [3.63, 3.8) is 0 Å². The summed E-state index contributed by atoms with van der Waals surface area (Å²) in [6.45, 7) is 14.5. The summed E-state index contributed by atoms with van der Waals surface area (Å²) >= 11 is 0. The first-order valence-corrected chi connectivity index (χ1v) is 8.57. The second kappa shape index (κ2) is 7.46. The Morgan fingerprint density at radius 2 is 2.10 bits per heavy atom. The van der Waals surface area contributed by atoms with E-state index < -0.39 is 0 Å². The van der Waals surface area contributed by atoms with Crippen molar-refractivity contribution in [2.45, 2.75) is 60.0 Å². The molecule has 21 heavy (non-hydrogen) atoms. The van der Waals surface area contributed by atoms with Gasteiger partial charge in [-0.2, -0.15) is 0 Å². The van der Waals surface area contributed by atoms with Gasteiger partial charge in [-0.25, -0.2) is 0 Å². The Morgan fingerprint density at radius 1 is 1.33 bits per heavy atom. The number of hydrogen-bond acceptors (Lipinski definition) is 3. The lowest BCUT2D eigenvalue weighted by Gasteiger charge is -2.26. The van der Waals surface area contributed by atoms with Crippen LogP contribution in [0.1, 0.15) is 58.3 Å². The van der Waals surface area contributed by atoms with Crippen LogP contribution in [0.15, 0.2) is 16.7 Å². The molecular formula is C18H32N2O. The van der Waals surface area contributed by atoms with Gasteiger partial charge in [0.05, 0.1) is 12.8 Å². The minimum absolute atomic E-state index is 0.544. The van der Waals surface area contributed by atoms with Crippen LogP contribution < -0.4 is 5.32 Å². The maximum absolute atomic E-state index is 5.74. The summed E-state index contributed by atoms with van der Waals surface area (Å²) in [5, 5.41) is 3.51. The first-order chi connectivity index (χ1) is 10.1. The lowest BCUT2D eigenvalue weighted by atomic mass is 9.82. The molecule has 1 aromatic heterocycles. The molecule has 0 aliphatic carbocycles. The van der Waals surface area contributed by atoms with Crippen LogP contribution in [0.2, 0.25) is 0 Å². The summed E-state index contributed by atoms with van der Waals surface area (Å²) in [5.41, 5.74) is 1.86. The van der Waals surface area contributed by atoms with Crippen LogP contribution in [0.3, 0.4) is 0 Å². The summed E-state index contributed by atoms with van der Waals surface area (Å²) in [7, 11) is 0. The Balaban J connectivity index is 1.88. The van der Waals surface area contributed by atoms with E-state index in [-0.39, 0.29) is 0 Å². The molecule has 0 spiro atoms. The molecule has 1 aromatic rings. The van der Waals surface area contributed by atoms with Gasteiger partial charge in [0.15, 0.2) is 0 Å². The highest BCUT2D eigenvalue weighted by molar-refractivity contribution is 5.17. The standard InChI is InChI=1S/C18H32N2O/c1-5-18(6-2)8-9-20(14-18)13-17-16(7-10-21-17)12-19-11-15(3)4/h7,10,15,19H,5-6,8-9,11-14H2,1-4H3. The highest BCUT2D eigenvalue weighted by atomic mass is 16.3. The van der Waals surface area contributed by atoms with E-state index in [4.69, 9.17) is 4.42 Å². The molecule has 120 valence electrons. The molecule has 3 nitrogen and oxygen atoms in total. The fourth-order valence-electron chi connectivity index (χ4n) is 3.35. The van der Waals surface area contributed by atoms with Crippen LogP contribution in [0.25, 0.3) is 0 Å². The summed E-state index contributed by atoms with van der Waals surface area (Å²) in [4.78, 5) is 2.57. The van der Waals surface area contributed by atoms with Crippen molar-refractivity contribution in [3.8, 4) is 0 Å². The second-order valence-electron chi connectivity index (χ2n) is 7.06. The average molecular weight is 292 g/mol. The van der Waals surface area contributed by atoms with Crippen molar-refractivity contribution in [3.05, 3.63) is 23.7 Å². The van der Waals surface area contributed by atoms with Crippen molar-refractivity contribution < 1.29 is 4.42 Å². The van der Waals surface area contributed by atoms with Gasteiger partial charge in [-0.3, -0.25) is 4.90 Å². The lowest BCUT2D eigenvalue weighted by molar-refractivity contribution is 0.225. The third kappa shape index (κ3) is 4.33. The van der Waals surface area contributed by atoms with Crippen molar-refractivity contribution in [2.24, 2.45) is 11.3 Å². The van der Waals surface area contributed by atoms with E-state index >= 15 is 0 Å². The molecule has 0 bridgehead atoms. The van der Waals surface area contributed by atoms with Crippen molar-refractivity contribution in [2.75, 3.05) is 19.6 Å². The number of nitrogens with zero attached hydrogens (tertiary/aromatic N) is 1. The van der Waals surface area contributed by atoms with Crippen LogP contribution in [0.5, 0.6) is 0 Å². The normalized spacial score (nSPS) is 18.7. The van der Waals surface area contributed by atoms with Gasteiger partial charge < -0.3 is 9.73 Å². The van der Waals surface area contributed by atoms with Crippen LogP contribution >= 0.6 is 0 Å². The largest absolute Gasteiger partial charge is 0.468 e. The molecule has 2 rings (SSSR count). The fourth-order valence-corrected chi connectivity index (χ4v) is 3.35. The topological polar surface area (TPSA) is 28.4 Å².